The van der Waals surface area contributed by atoms with E-state index in [4.69, 9.17) is 0 Å². The highest BCUT2D eigenvalue weighted by atomic mass is 32.2. The Bertz CT molecular complexity index is 1220. The van der Waals surface area contributed by atoms with Crippen LogP contribution in [0.1, 0.15) is 25.8 Å². The maximum absolute atomic E-state index is 13.3. The van der Waals surface area contributed by atoms with Crippen molar-refractivity contribution < 1.29 is 23.1 Å². The largest absolute Gasteiger partial charge is 0.508 e. The number of carbonyl (C=O) groups excluding carboxylic acids is 2. The topological polar surface area (TPSA) is 113 Å². The number of sulfonamides is 1. The first-order chi connectivity index (χ1) is 15.7. The third-order valence-electron chi connectivity index (χ3n) is 5.70. The van der Waals surface area contributed by atoms with Crippen LogP contribution in [-0.2, 0) is 26.0 Å². The smallest absolute Gasteiger partial charge is 0.241 e. The van der Waals surface area contributed by atoms with E-state index in [1.807, 2.05) is 25.1 Å². The Kier molecular flexibility index (Phi) is 7.84. The highest BCUT2D eigenvalue weighted by Gasteiger charge is 2.31. The fourth-order valence-electron chi connectivity index (χ4n) is 3.62. The van der Waals surface area contributed by atoms with Crippen molar-refractivity contribution in [3.05, 3.63) is 72.3 Å². The second-order valence-electron chi connectivity index (χ2n) is 8.08. The lowest BCUT2D eigenvalue weighted by molar-refractivity contribution is -0.126. The minimum Gasteiger partial charge on any atom is -0.508 e. The minimum atomic E-state index is -4.02. The van der Waals surface area contributed by atoms with Crippen molar-refractivity contribution in [2.75, 3.05) is 0 Å². The molecule has 7 nitrogen and oxygen atoms in total. The first-order valence-electron chi connectivity index (χ1n) is 10.8. The van der Waals surface area contributed by atoms with E-state index in [0.717, 1.165) is 10.9 Å². The molecule has 3 atom stereocenters. The summed E-state index contributed by atoms with van der Waals surface area (Å²) in [7, 11) is -4.02. The maximum Gasteiger partial charge on any atom is 0.241 e. The molecule has 0 unspecified atom stereocenters. The van der Waals surface area contributed by atoms with Crippen LogP contribution in [0.4, 0.5) is 0 Å². The lowest BCUT2D eigenvalue weighted by Gasteiger charge is -2.25. The number of amides is 1. The molecule has 174 valence electrons. The van der Waals surface area contributed by atoms with E-state index >= 15 is 0 Å². The Morgan fingerprint density at radius 2 is 1.70 bits per heavy atom. The van der Waals surface area contributed by atoms with E-state index in [2.05, 4.69) is 10.0 Å². The summed E-state index contributed by atoms with van der Waals surface area (Å²) in [5.41, 5.74) is 0.752. The number of hydrogen-bond donors (Lipinski definition) is 3. The SMILES string of the molecule is CC[C@H](C)[C@H](NS(=O)(=O)c1cccc2ccccc12)C(=O)N[C@H](C=O)Cc1ccc(O)cc1. The molecule has 0 aliphatic carbocycles. The number of phenolic OH excluding ortho intramolecular Hbond substituents is 1. The number of carbonyl (C=O) groups is 2. The van der Waals surface area contributed by atoms with Crippen LogP contribution in [0, 0.1) is 5.92 Å². The van der Waals surface area contributed by atoms with E-state index in [1.165, 1.54) is 18.2 Å². The van der Waals surface area contributed by atoms with Crippen LogP contribution in [0.15, 0.2) is 71.6 Å². The molecule has 0 aliphatic rings. The van der Waals surface area contributed by atoms with Gasteiger partial charge >= 0.3 is 0 Å². The Morgan fingerprint density at radius 1 is 1.03 bits per heavy atom. The average molecular weight is 469 g/mol. The maximum atomic E-state index is 13.3. The van der Waals surface area contributed by atoms with Crippen LogP contribution >= 0.6 is 0 Å². The molecule has 0 fully saturated rings. The van der Waals surface area contributed by atoms with Crippen molar-refractivity contribution in [1.29, 1.82) is 0 Å². The van der Waals surface area contributed by atoms with Gasteiger partial charge in [-0.1, -0.05) is 68.8 Å². The van der Waals surface area contributed by atoms with Crippen LogP contribution < -0.4 is 10.0 Å². The Morgan fingerprint density at radius 3 is 2.36 bits per heavy atom. The van der Waals surface area contributed by atoms with Crippen molar-refractivity contribution in [1.82, 2.24) is 10.0 Å². The minimum absolute atomic E-state index is 0.0951. The Labute approximate surface area is 193 Å². The highest BCUT2D eigenvalue weighted by molar-refractivity contribution is 7.89. The lowest BCUT2D eigenvalue weighted by atomic mass is 9.98. The molecule has 33 heavy (non-hydrogen) atoms. The third-order valence-corrected chi connectivity index (χ3v) is 7.20. The van der Waals surface area contributed by atoms with E-state index in [0.29, 0.717) is 18.1 Å². The van der Waals surface area contributed by atoms with Gasteiger partial charge in [0.15, 0.2) is 0 Å². The number of fused-ring (bicyclic) bond motifs is 1. The summed E-state index contributed by atoms with van der Waals surface area (Å²) in [5.74, 6) is -0.773. The van der Waals surface area contributed by atoms with Crippen LogP contribution in [0.25, 0.3) is 10.8 Å². The van der Waals surface area contributed by atoms with Crippen LogP contribution in [0.5, 0.6) is 5.75 Å². The van der Waals surface area contributed by atoms with Gasteiger partial charge in [0.25, 0.3) is 0 Å². The molecule has 0 aromatic heterocycles. The summed E-state index contributed by atoms with van der Waals surface area (Å²) in [6, 6.07) is 16.6. The van der Waals surface area contributed by atoms with E-state index in [9.17, 15) is 23.1 Å². The van der Waals surface area contributed by atoms with Gasteiger partial charge in [-0.15, -0.1) is 0 Å². The fourth-order valence-corrected chi connectivity index (χ4v) is 5.15. The van der Waals surface area contributed by atoms with Gasteiger partial charge in [-0.05, 0) is 41.5 Å². The number of benzene rings is 3. The highest BCUT2D eigenvalue weighted by Crippen LogP contribution is 2.24. The molecule has 1 amide bonds. The molecule has 0 saturated heterocycles. The first kappa shape index (κ1) is 24.4. The molecule has 0 spiro atoms. The van der Waals surface area contributed by atoms with Gasteiger partial charge in [0.1, 0.15) is 18.1 Å². The molecule has 0 saturated carbocycles. The van der Waals surface area contributed by atoms with Gasteiger partial charge in [-0.25, -0.2) is 8.42 Å². The van der Waals surface area contributed by atoms with Crippen molar-refractivity contribution in [2.45, 2.75) is 43.7 Å². The van der Waals surface area contributed by atoms with Crippen molar-refractivity contribution >= 4 is 33.0 Å². The number of hydrogen-bond acceptors (Lipinski definition) is 5. The first-order valence-corrected chi connectivity index (χ1v) is 12.3. The predicted octanol–water partition coefficient (Wildman–Crippen LogP) is 3.16. The molecular formula is C25H28N2O5S. The number of nitrogens with one attached hydrogen (secondary N) is 2. The fraction of sp³-hybridized carbons (Fsp3) is 0.280. The van der Waals surface area contributed by atoms with Crippen molar-refractivity contribution in [2.24, 2.45) is 5.92 Å². The monoisotopic (exact) mass is 468 g/mol. The zero-order valence-corrected chi connectivity index (χ0v) is 19.4. The molecule has 0 aliphatic heterocycles. The summed E-state index contributed by atoms with van der Waals surface area (Å²) in [5, 5.41) is 13.4. The molecule has 8 heteroatoms. The quantitative estimate of drug-likeness (QED) is 0.396. The molecule has 3 N–H and O–H groups in total. The van der Waals surface area contributed by atoms with Crippen molar-refractivity contribution in [3.8, 4) is 5.75 Å². The van der Waals surface area contributed by atoms with Gasteiger partial charge in [0.05, 0.1) is 10.9 Å². The van der Waals surface area contributed by atoms with Crippen LogP contribution in [-0.4, -0.2) is 37.8 Å². The standard InChI is InChI=1S/C25H28N2O5S/c1-3-17(2)24(25(30)26-20(16-28)15-18-11-13-21(29)14-12-18)27-33(31,32)23-10-6-8-19-7-4-5-9-22(19)23/h4-14,16-17,20,24,27,29H,3,15H2,1-2H3,(H,26,30)/t17-,20-,24-/m0/s1. The molecule has 0 radical (unpaired) electrons. The van der Waals surface area contributed by atoms with Gasteiger partial charge in [0, 0.05) is 5.39 Å². The molecule has 3 rings (SSSR count). The normalized spacial score (nSPS) is 14.4. The summed E-state index contributed by atoms with van der Waals surface area (Å²) in [6.45, 7) is 3.65. The zero-order chi connectivity index (χ0) is 24.0. The van der Waals surface area contributed by atoms with Crippen molar-refractivity contribution in [3.63, 3.8) is 0 Å². The van der Waals surface area contributed by atoms with E-state index in [1.54, 1.807) is 37.3 Å². The molecule has 0 bridgehead atoms. The lowest BCUT2D eigenvalue weighted by Crippen LogP contribution is -2.53. The number of aromatic hydroxyl groups is 1. The molecular weight excluding hydrogens is 440 g/mol. The number of aldehydes is 1. The second-order valence-corrected chi connectivity index (χ2v) is 9.77. The summed E-state index contributed by atoms with van der Waals surface area (Å²) >= 11 is 0. The molecule has 3 aromatic carbocycles. The van der Waals surface area contributed by atoms with Gasteiger partial charge < -0.3 is 15.2 Å². The average Bonchev–Trinajstić information content (AvgIpc) is 2.82. The Hall–Kier alpha value is -3.23. The summed E-state index contributed by atoms with van der Waals surface area (Å²) in [4.78, 5) is 24.8. The van der Waals surface area contributed by atoms with Gasteiger partial charge in [0.2, 0.25) is 15.9 Å². The molecule has 3 aromatic rings. The Balaban J connectivity index is 1.83. The zero-order valence-electron chi connectivity index (χ0n) is 18.6. The third kappa shape index (κ3) is 5.97. The van der Waals surface area contributed by atoms with E-state index in [-0.39, 0.29) is 23.0 Å². The van der Waals surface area contributed by atoms with E-state index < -0.39 is 28.0 Å². The van der Waals surface area contributed by atoms with Gasteiger partial charge in [-0.3, -0.25) is 4.79 Å². The second kappa shape index (κ2) is 10.6. The summed E-state index contributed by atoms with van der Waals surface area (Å²) < 4.78 is 29.1. The van der Waals surface area contributed by atoms with Gasteiger partial charge in [-0.2, -0.15) is 4.72 Å². The summed E-state index contributed by atoms with van der Waals surface area (Å²) in [6.07, 6.45) is 1.40. The molecule has 0 heterocycles. The predicted molar refractivity (Wildman–Crippen MR) is 127 cm³/mol. The van der Waals surface area contributed by atoms with Crippen LogP contribution in [0.2, 0.25) is 0 Å². The number of phenols is 1. The van der Waals surface area contributed by atoms with Crippen LogP contribution in [0.3, 0.4) is 0 Å². The number of rotatable bonds is 10.